The van der Waals surface area contributed by atoms with Crippen LogP contribution in [0.1, 0.15) is 18.4 Å². The largest absolute Gasteiger partial charge is 0.378 e. The van der Waals surface area contributed by atoms with Crippen molar-refractivity contribution in [2.45, 2.75) is 19.4 Å². The number of piperidine rings is 1. The van der Waals surface area contributed by atoms with Crippen LogP contribution in [0.15, 0.2) is 36.8 Å². The van der Waals surface area contributed by atoms with E-state index < -0.39 is 0 Å². The molecule has 4 rings (SSSR count). The van der Waals surface area contributed by atoms with Crippen LogP contribution in [0.5, 0.6) is 0 Å². The van der Waals surface area contributed by atoms with Crippen molar-refractivity contribution in [3.05, 3.63) is 42.4 Å². The number of amides is 1. The van der Waals surface area contributed by atoms with Crippen LogP contribution in [0.4, 0.5) is 11.8 Å². The summed E-state index contributed by atoms with van der Waals surface area (Å²) in [6.45, 7) is 5.09. The smallest absolute Gasteiger partial charge is 0.225 e. The second-order valence-electron chi connectivity index (χ2n) is 7.14. The molecule has 2 aliphatic rings. The summed E-state index contributed by atoms with van der Waals surface area (Å²) in [5.41, 5.74) is 1.04. The number of aromatic nitrogens is 3. The molecule has 0 aromatic carbocycles. The monoisotopic (exact) mass is 382 g/mol. The third-order valence-corrected chi connectivity index (χ3v) is 5.26. The second-order valence-corrected chi connectivity index (χ2v) is 7.14. The Morgan fingerprint density at radius 3 is 2.68 bits per heavy atom. The SMILES string of the molecule is O=C(NCc1cccnc1N1CCOCC1)C1CCCN(c2ncccn2)C1. The third-order valence-electron chi connectivity index (χ3n) is 5.26. The molecule has 2 aromatic rings. The number of pyridine rings is 1. The number of nitrogens with zero attached hydrogens (tertiary/aromatic N) is 5. The van der Waals surface area contributed by atoms with Crippen molar-refractivity contribution in [3.8, 4) is 0 Å². The molecule has 1 unspecified atom stereocenters. The number of anilines is 2. The summed E-state index contributed by atoms with van der Waals surface area (Å²) in [5, 5.41) is 3.12. The molecule has 148 valence electrons. The number of morpholine rings is 1. The summed E-state index contributed by atoms with van der Waals surface area (Å²) in [6, 6.07) is 5.75. The van der Waals surface area contributed by atoms with Gasteiger partial charge in [0.15, 0.2) is 0 Å². The van der Waals surface area contributed by atoms with Crippen LogP contribution in [0.25, 0.3) is 0 Å². The Kier molecular flexibility index (Phi) is 5.96. The molecular weight excluding hydrogens is 356 g/mol. The van der Waals surface area contributed by atoms with Crippen LogP contribution in [0.2, 0.25) is 0 Å². The normalized spacial score (nSPS) is 20.1. The van der Waals surface area contributed by atoms with Gasteiger partial charge >= 0.3 is 0 Å². The molecule has 8 heteroatoms. The van der Waals surface area contributed by atoms with Crippen molar-refractivity contribution in [1.82, 2.24) is 20.3 Å². The first-order valence-electron chi connectivity index (χ1n) is 9.87. The Morgan fingerprint density at radius 2 is 1.86 bits per heavy atom. The fourth-order valence-electron chi connectivity index (χ4n) is 3.78. The molecule has 2 saturated heterocycles. The molecule has 1 N–H and O–H groups in total. The van der Waals surface area contributed by atoms with Crippen LogP contribution >= 0.6 is 0 Å². The van der Waals surface area contributed by atoms with Gasteiger partial charge in [-0.3, -0.25) is 4.79 Å². The first-order valence-corrected chi connectivity index (χ1v) is 9.87. The van der Waals surface area contributed by atoms with E-state index in [4.69, 9.17) is 4.74 Å². The third kappa shape index (κ3) is 4.39. The van der Waals surface area contributed by atoms with Gasteiger partial charge in [-0.05, 0) is 25.0 Å². The van der Waals surface area contributed by atoms with E-state index in [-0.39, 0.29) is 11.8 Å². The molecule has 8 nitrogen and oxygen atoms in total. The van der Waals surface area contributed by atoms with Gasteiger partial charge in [0.05, 0.1) is 19.1 Å². The van der Waals surface area contributed by atoms with Crippen LogP contribution in [0.3, 0.4) is 0 Å². The number of carbonyl (C=O) groups excluding carboxylic acids is 1. The predicted molar refractivity (Wildman–Crippen MR) is 106 cm³/mol. The average Bonchev–Trinajstić information content (AvgIpc) is 2.79. The van der Waals surface area contributed by atoms with Crippen molar-refractivity contribution < 1.29 is 9.53 Å². The summed E-state index contributed by atoms with van der Waals surface area (Å²) in [6.07, 6.45) is 7.12. The van der Waals surface area contributed by atoms with Crippen molar-refractivity contribution in [3.63, 3.8) is 0 Å². The van der Waals surface area contributed by atoms with E-state index in [2.05, 4.69) is 30.1 Å². The van der Waals surface area contributed by atoms with Crippen molar-refractivity contribution in [1.29, 1.82) is 0 Å². The lowest BCUT2D eigenvalue weighted by Crippen LogP contribution is -2.43. The maximum absolute atomic E-state index is 12.8. The zero-order chi connectivity index (χ0) is 19.2. The standard InChI is InChI=1S/C20H26N6O2/c27-19(17-5-2-9-26(15-17)20-22-7-3-8-23-20)24-14-16-4-1-6-21-18(16)25-10-12-28-13-11-25/h1,3-4,6-8,17H,2,5,9-15H2,(H,24,27). The Morgan fingerprint density at radius 1 is 1.07 bits per heavy atom. The number of ether oxygens (including phenoxy) is 1. The topological polar surface area (TPSA) is 83.5 Å². The minimum absolute atomic E-state index is 0.0546. The lowest BCUT2D eigenvalue weighted by molar-refractivity contribution is -0.125. The predicted octanol–water partition coefficient (Wildman–Crippen LogP) is 1.24. The van der Waals surface area contributed by atoms with Crippen LogP contribution in [-0.2, 0) is 16.1 Å². The van der Waals surface area contributed by atoms with Gasteiger partial charge in [-0.15, -0.1) is 0 Å². The first kappa shape index (κ1) is 18.6. The van der Waals surface area contributed by atoms with E-state index in [9.17, 15) is 4.79 Å². The molecule has 0 aliphatic carbocycles. The molecule has 1 atom stereocenters. The Bertz CT molecular complexity index is 781. The second kappa shape index (κ2) is 8.97. The lowest BCUT2D eigenvalue weighted by Gasteiger charge is -2.32. The van der Waals surface area contributed by atoms with E-state index in [0.29, 0.717) is 32.3 Å². The fourth-order valence-corrected chi connectivity index (χ4v) is 3.78. The summed E-state index contributed by atoms with van der Waals surface area (Å²) in [7, 11) is 0. The van der Waals surface area contributed by atoms with E-state index in [0.717, 1.165) is 43.9 Å². The molecule has 0 bridgehead atoms. The van der Waals surface area contributed by atoms with Gasteiger partial charge in [-0.1, -0.05) is 6.07 Å². The molecule has 2 aliphatic heterocycles. The number of rotatable bonds is 5. The quantitative estimate of drug-likeness (QED) is 0.833. The van der Waals surface area contributed by atoms with E-state index >= 15 is 0 Å². The van der Waals surface area contributed by atoms with Gasteiger partial charge in [-0.25, -0.2) is 15.0 Å². The molecule has 4 heterocycles. The van der Waals surface area contributed by atoms with Gasteiger partial charge in [0.1, 0.15) is 5.82 Å². The molecule has 28 heavy (non-hydrogen) atoms. The van der Waals surface area contributed by atoms with Crippen LogP contribution in [-0.4, -0.2) is 60.3 Å². The van der Waals surface area contributed by atoms with Crippen molar-refractivity contribution >= 4 is 17.7 Å². The van der Waals surface area contributed by atoms with Crippen LogP contribution in [0, 0.1) is 5.92 Å². The van der Waals surface area contributed by atoms with Crippen LogP contribution < -0.4 is 15.1 Å². The minimum atomic E-state index is -0.0546. The molecule has 1 amide bonds. The molecule has 0 radical (unpaired) electrons. The maximum atomic E-state index is 12.8. The zero-order valence-electron chi connectivity index (χ0n) is 16.0. The maximum Gasteiger partial charge on any atom is 0.225 e. The summed E-state index contributed by atoms with van der Waals surface area (Å²) in [4.78, 5) is 30.3. The Hall–Kier alpha value is -2.74. The Labute approximate surface area is 164 Å². The van der Waals surface area contributed by atoms with Gasteiger partial charge < -0.3 is 19.9 Å². The summed E-state index contributed by atoms with van der Waals surface area (Å²) in [5.74, 6) is 1.66. The highest BCUT2D eigenvalue weighted by atomic mass is 16.5. The highest BCUT2D eigenvalue weighted by molar-refractivity contribution is 5.79. The molecule has 0 spiro atoms. The molecular formula is C20H26N6O2. The molecule has 0 saturated carbocycles. The van der Waals surface area contributed by atoms with Gasteiger partial charge in [0.2, 0.25) is 11.9 Å². The van der Waals surface area contributed by atoms with Gasteiger partial charge in [-0.2, -0.15) is 0 Å². The minimum Gasteiger partial charge on any atom is -0.378 e. The molecule has 2 fully saturated rings. The first-order chi connectivity index (χ1) is 13.8. The van der Waals surface area contributed by atoms with E-state index in [1.54, 1.807) is 24.7 Å². The number of hydrogen-bond acceptors (Lipinski definition) is 7. The van der Waals surface area contributed by atoms with E-state index in [1.165, 1.54) is 0 Å². The number of hydrogen-bond donors (Lipinski definition) is 1. The summed E-state index contributed by atoms with van der Waals surface area (Å²) < 4.78 is 5.43. The van der Waals surface area contributed by atoms with Crippen molar-refractivity contribution in [2.24, 2.45) is 5.92 Å². The average molecular weight is 382 g/mol. The molecule has 2 aromatic heterocycles. The van der Waals surface area contributed by atoms with Gasteiger partial charge in [0, 0.05) is 56.9 Å². The Balaban J connectivity index is 1.37. The highest BCUT2D eigenvalue weighted by Gasteiger charge is 2.27. The lowest BCUT2D eigenvalue weighted by atomic mass is 9.97. The summed E-state index contributed by atoms with van der Waals surface area (Å²) >= 11 is 0. The number of nitrogens with one attached hydrogen (secondary N) is 1. The number of carbonyl (C=O) groups is 1. The van der Waals surface area contributed by atoms with Gasteiger partial charge in [0.25, 0.3) is 0 Å². The fraction of sp³-hybridized carbons (Fsp3) is 0.500. The van der Waals surface area contributed by atoms with E-state index in [1.807, 2.05) is 12.1 Å². The zero-order valence-corrected chi connectivity index (χ0v) is 16.0. The highest BCUT2D eigenvalue weighted by Crippen LogP contribution is 2.21. The van der Waals surface area contributed by atoms with Crippen molar-refractivity contribution in [2.75, 3.05) is 49.2 Å².